The minimum atomic E-state index is -1.04. The molecule has 1 aromatic heterocycles. The summed E-state index contributed by atoms with van der Waals surface area (Å²) in [6.45, 7) is 5.45. The molecule has 0 fully saturated rings. The minimum Gasteiger partial charge on any atom is -0.478 e. The van der Waals surface area contributed by atoms with Gasteiger partial charge in [0.25, 0.3) is 0 Å². The monoisotopic (exact) mass is 303 g/mol. The fourth-order valence-corrected chi connectivity index (χ4v) is 2.91. The standard InChI is InChI=1S/C16H17NO3S/c1-10-9-12(14(18)19)13(21-10)17-15(20)16(2,3)11-7-5-4-6-8-11/h4-9H,1-3H3,(H,17,20)(H,18,19). The normalized spacial score (nSPS) is 11.2. The number of carbonyl (C=O) groups excluding carboxylic acids is 1. The molecule has 1 aromatic carbocycles. The average molecular weight is 303 g/mol. The molecular formula is C16H17NO3S. The minimum absolute atomic E-state index is 0.134. The Kier molecular flexibility index (Phi) is 4.14. The number of rotatable bonds is 4. The quantitative estimate of drug-likeness (QED) is 0.905. The molecule has 4 nitrogen and oxygen atoms in total. The van der Waals surface area contributed by atoms with Gasteiger partial charge in [-0.05, 0) is 32.4 Å². The molecule has 2 N–H and O–H groups in total. The Hall–Kier alpha value is -2.14. The molecule has 0 spiro atoms. The summed E-state index contributed by atoms with van der Waals surface area (Å²) in [6, 6.07) is 11.0. The second-order valence-corrected chi connectivity index (χ2v) is 6.61. The van der Waals surface area contributed by atoms with E-state index in [0.29, 0.717) is 5.00 Å². The lowest BCUT2D eigenvalue weighted by molar-refractivity contribution is -0.120. The Morgan fingerprint density at radius 3 is 2.38 bits per heavy atom. The van der Waals surface area contributed by atoms with Crippen LogP contribution in [-0.4, -0.2) is 17.0 Å². The van der Waals surface area contributed by atoms with Gasteiger partial charge in [-0.25, -0.2) is 4.79 Å². The van der Waals surface area contributed by atoms with Crippen LogP contribution in [-0.2, 0) is 10.2 Å². The van der Waals surface area contributed by atoms with E-state index >= 15 is 0 Å². The summed E-state index contributed by atoms with van der Waals surface area (Å²) in [5.74, 6) is -1.26. The van der Waals surface area contributed by atoms with Crippen LogP contribution in [0.4, 0.5) is 5.00 Å². The molecule has 0 radical (unpaired) electrons. The largest absolute Gasteiger partial charge is 0.478 e. The van der Waals surface area contributed by atoms with E-state index in [2.05, 4.69) is 5.32 Å². The first-order valence-corrected chi connectivity index (χ1v) is 7.34. The van der Waals surface area contributed by atoms with Gasteiger partial charge in [0.15, 0.2) is 0 Å². The summed E-state index contributed by atoms with van der Waals surface area (Å²) < 4.78 is 0. The van der Waals surface area contributed by atoms with Gasteiger partial charge in [0.1, 0.15) is 5.00 Å². The molecule has 0 saturated heterocycles. The van der Waals surface area contributed by atoms with E-state index < -0.39 is 11.4 Å². The highest BCUT2D eigenvalue weighted by molar-refractivity contribution is 7.16. The topological polar surface area (TPSA) is 66.4 Å². The highest BCUT2D eigenvalue weighted by Gasteiger charge is 2.31. The van der Waals surface area contributed by atoms with Gasteiger partial charge in [-0.1, -0.05) is 30.3 Å². The highest BCUT2D eigenvalue weighted by atomic mass is 32.1. The van der Waals surface area contributed by atoms with Crippen LogP contribution in [0.3, 0.4) is 0 Å². The zero-order valence-electron chi connectivity index (χ0n) is 12.1. The molecule has 1 heterocycles. The van der Waals surface area contributed by atoms with Crippen LogP contribution in [0.15, 0.2) is 36.4 Å². The predicted octanol–water partition coefficient (Wildman–Crippen LogP) is 3.67. The third-order valence-electron chi connectivity index (χ3n) is 3.38. The molecule has 0 bridgehead atoms. The number of nitrogens with one attached hydrogen (secondary N) is 1. The van der Waals surface area contributed by atoms with Crippen molar-refractivity contribution in [1.82, 2.24) is 0 Å². The van der Waals surface area contributed by atoms with Crippen molar-refractivity contribution in [2.75, 3.05) is 5.32 Å². The van der Waals surface area contributed by atoms with E-state index in [1.807, 2.05) is 51.1 Å². The SMILES string of the molecule is Cc1cc(C(=O)O)c(NC(=O)C(C)(C)c2ccccc2)s1. The zero-order valence-corrected chi connectivity index (χ0v) is 13.0. The van der Waals surface area contributed by atoms with Crippen molar-refractivity contribution in [2.24, 2.45) is 0 Å². The number of hydrogen-bond acceptors (Lipinski definition) is 3. The molecule has 0 atom stereocenters. The molecule has 5 heteroatoms. The average Bonchev–Trinajstić information content (AvgIpc) is 2.80. The van der Waals surface area contributed by atoms with Crippen molar-refractivity contribution >= 4 is 28.2 Å². The fraction of sp³-hybridized carbons (Fsp3) is 0.250. The molecule has 1 amide bonds. The maximum absolute atomic E-state index is 12.5. The van der Waals surface area contributed by atoms with Gasteiger partial charge in [-0.2, -0.15) is 0 Å². The fourth-order valence-electron chi connectivity index (χ4n) is 2.01. The summed E-state index contributed by atoms with van der Waals surface area (Å²) in [7, 11) is 0. The Balaban J connectivity index is 2.28. The predicted molar refractivity (Wildman–Crippen MR) is 84.1 cm³/mol. The van der Waals surface area contributed by atoms with Crippen LogP contribution in [0.25, 0.3) is 0 Å². The van der Waals surface area contributed by atoms with Gasteiger partial charge in [0, 0.05) is 4.88 Å². The van der Waals surface area contributed by atoms with Crippen LogP contribution in [0.2, 0.25) is 0 Å². The Bertz CT molecular complexity index is 674. The number of hydrogen-bond donors (Lipinski definition) is 2. The first kappa shape index (κ1) is 15.3. The summed E-state index contributed by atoms with van der Waals surface area (Å²) in [5, 5.41) is 12.3. The number of thiophene rings is 1. The third-order valence-corrected chi connectivity index (χ3v) is 4.34. The number of carboxylic acid groups (broad SMARTS) is 1. The van der Waals surface area contributed by atoms with Crippen LogP contribution in [0.1, 0.15) is 34.6 Å². The molecule has 0 aliphatic rings. The van der Waals surface area contributed by atoms with Gasteiger partial charge >= 0.3 is 5.97 Å². The maximum Gasteiger partial charge on any atom is 0.338 e. The molecule has 0 aliphatic heterocycles. The first-order valence-electron chi connectivity index (χ1n) is 6.53. The molecule has 0 unspecified atom stereocenters. The lowest BCUT2D eigenvalue weighted by Gasteiger charge is -2.23. The molecule has 0 saturated carbocycles. The van der Waals surface area contributed by atoms with Crippen molar-refractivity contribution in [3.63, 3.8) is 0 Å². The Morgan fingerprint density at radius 1 is 1.19 bits per heavy atom. The van der Waals surface area contributed by atoms with Crippen LogP contribution >= 0.6 is 11.3 Å². The van der Waals surface area contributed by atoms with Gasteiger partial charge in [-0.15, -0.1) is 11.3 Å². The number of aryl methyl sites for hydroxylation is 1. The molecule has 2 aromatic rings. The lowest BCUT2D eigenvalue weighted by atomic mass is 9.84. The van der Waals surface area contributed by atoms with Gasteiger partial charge in [0.2, 0.25) is 5.91 Å². The molecule has 0 aliphatic carbocycles. The van der Waals surface area contributed by atoms with E-state index in [9.17, 15) is 9.59 Å². The van der Waals surface area contributed by atoms with Gasteiger partial charge in [0.05, 0.1) is 11.0 Å². The van der Waals surface area contributed by atoms with Gasteiger partial charge < -0.3 is 10.4 Å². The van der Waals surface area contributed by atoms with E-state index in [1.54, 1.807) is 6.07 Å². The Morgan fingerprint density at radius 2 is 1.81 bits per heavy atom. The van der Waals surface area contributed by atoms with E-state index in [0.717, 1.165) is 10.4 Å². The van der Waals surface area contributed by atoms with E-state index in [1.165, 1.54) is 11.3 Å². The van der Waals surface area contributed by atoms with Crippen molar-refractivity contribution in [2.45, 2.75) is 26.2 Å². The number of anilines is 1. The number of aromatic carboxylic acids is 1. The molecular weight excluding hydrogens is 286 g/mol. The lowest BCUT2D eigenvalue weighted by Crippen LogP contribution is -2.34. The summed E-state index contributed by atoms with van der Waals surface area (Å²) in [5.41, 5.74) is 0.275. The summed E-state index contributed by atoms with van der Waals surface area (Å²) in [4.78, 5) is 24.6. The molecule has 21 heavy (non-hydrogen) atoms. The van der Waals surface area contributed by atoms with Crippen molar-refractivity contribution in [1.29, 1.82) is 0 Å². The number of amides is 1. The zero-order chi connectivity index (χ0) is 15.6. The maximum atomic E-state index is 12.5. The second-order valence-electron chi connectivity index (χ2n) is 5.35. The summed E-state index contributed by atoms with van der Waals surface area (Å²) in [6.07, 6.45) is 0. The van der Waals surface area contributed by atoms with Crippen molar-refractivity contribution < 1.29 is 14.7 Å². The van der Waals surface area contributed by atoms with E-state index in [4.69, 9.17) is 5.11 Å². The van der Waals surface area contributed by atoms with Crippen LogP contribution < -0.4 is 5.32 Å². The smallest absolute Gasteiger partial charge is 0.338 e. The molecule has 2 rings (SSSR count). The number of carbonyl (C=O) groups is 2. The number of carboxylic acids is 1. The summed E-state index contributed by atoms with van der Waals surface area (Å²) >= 11 is 1.27. The second kappa shape index (κ2) is 5.69. The van der Waals surface area contributed by atoms with Crippen LogP contribution in [0, 0.1) is 6.92 Å². The van der Waals surface area contributed by atoms with Crippen molar-refractivity contribution in [3.8, 4) is 0 Å². The highest BCUT2D eigenvalue weighted by Crippen LogP contribution is 2.31. The van der Waals surface area contributed by atoms with E-state index in [-0.39, 0.29) is 11.5 Å². The Labute approximate surface area is 127 Å². The molecule has 110 valence electrons. The first-order chi connectivity index (χ1) is 9.82. The number of benzene rings is 1. The van der Waals surface area contributed by atoms with Gasteiger partial charge in [-0.3, -0.25) is 4.79 Å². The third kappa shape index (κ3) is 3.13. The van der Waals surface area contributed by atoms with Crippen LogP contribution in [0.5, 0.6) is 0 Å². The van der Waals surface area contributed by atoms with Crippen molar-refractivity contribution in [3.05, 3.63) is 52.4 Å².